The Morgan fingerprint density at radius 3 is 1.90 bits per heavy atom. The molecule has 0 saturated carbocycles. The highest BCUT2D eigenvalue weighted by Crippen LogP contribution is 2.49. The Balaban J connectivity index is 0.000000330. The topological polar surface area (TPSA) is 66.7 Å². The number of benzene rings is 2. The number of rotatable bonds is 4. The van der Waals surface area contributed by atoms with Gasteiger partial charge in [0.1, 0.15) is 17.3 Å². The van der Waals surface area contributed by atoms with Gasteiger partial charge < -0.3 is 14.8 Å². The average molecular weight is 419 g/mol. The maximum absolute atomic E-state index is 10.6. The number of nitrogens with one attached hydrogen (secondary N) is 2. The van der Waals surface area contributed by atoms with Crippen molar-refractivity contribution < 1.29 is 14.4 Å². The minimum absolute atomic E-state index is 0.147. The molecule has 2 aromatic carbocycles. The van der Waals surface area contributed by atoms with Gasteiger partial charge in [0.05, 0.1) is 18.2 Å². The number of aryl methyl sites for hydroxylation is 2. The van der Waals surface area contributed by atoms with E-state index in [9.17, 15) is 5.11 Å². The maximum atomic E-state index is 10.6. The van der Waals surface area contributed by atoms with Gasteiger partial charge in [-0.05, 0) is 69.2 Å². The Hall–Kier alpha value is -3.44. The summed E-state index contributed by atoms with van der Waals surface area (Å²) in [4.78, 5) is 5.20. The summed E-state index contributed by atoms with van der Waals surface area (Å²) >= 11 is 0. The van der Waals surface area contributed by atoms with Gasteiger partial charge in [0.15, 0.2) is 0 Å². The van der Waals surface area contributed by atoms with E-state index in [-0.39, 0.29) is 5.76 Å². The molecule has 0 radical (unpaired) electrons. The fraction of sp³-hybridized carbons (Fsp3) is 0.231. The minimum atomic E-state index is -0.585. The summed E-state index contributed by atoms with van der Waals surface area (Å²) in [6.07, 6.45) is 3.47. The molecule has 5 nitrogen and oxygen atoms in total. The monoisotopic (exact) mass is 418 g/mol. The first kappa shape index (κ1) is 22.2. The smallest absolute Gasteiger partial charge is 0.137 e. The molecular weight excluding hydrogens is 388 g/mol. The molecular formula is C26H30N2O3. The molecule has 1 aromatic heterocycles. The summed E-state index contributed by atoms with van der Waals surface area (Å²) in [5.41, 5.74) is 7.10. The van der Waals surface area contributed by atoms with Gasteiger partial charge in [-0.15, -0.1) is 0 Å². The number of hydrogen-bond acceptors (Lipinski definition) is 5. The molecule has 0 bridgehead atoms. The second-order valence-corrected chi connectivity index (χ2v) is 7.56. The molecule has 31 heavy (non-hydrogen) atoms. The standard InChI is InChI=1S/C20H22N2O2.C6H8O/c1-4-9-18(23)19(22-24-3)20(2)14-10-5-7-12-16(14)21-17-13-8-6-11-15(17)20;1-5-3-4-6(2)7-5/h4-13,21-23H,1-3H3;3-4H,1-2H3/b9-4-,19-18+;. The van der Waals surface area contributed by atoms with Crippen LogP contribution in [0.3, 0.4) is 0 Å². The van der Waals surface area contributed by atoms with E-state index in [0.29, 0.717) is 5.70 Å². The van der Waals surface area contributed by atoms with Crippen LogP contribution in [-0.2, 0) is 10.3 Å². The fourth-order valence-electron chi connectivity index (χ4n) is 3.93. The Bertz CT molecular complexity index is 1030. The Morgan fingerprint density at radius 2 is 1.48 bits per heavy atom. The van der Waals surface area contributed by atoms with Crippen molar-refractivity contribution in [1.29, 1.82) is 0 Å². The van der Waals surface area contributed by atoms with E-state index in [1.807, 2.05) is 69.3 Å². The lowest BCUT2D eigenvalue weighted by atomic mass is 9.70. The summed E-state index contributed by atoms with van der Waals surface area (Å²) in [6.45, 7) is 7.83. The van der Waals surface area contributed by atoms with E-state index in [4.69, 9.17) is 9.25 Å². The van der Waals surface area contributed by atoms with E-state index in [1.54, 1.807) is 19.3 Å². The molecule has 3 aromatic rings. The van der Waals surface area contributed by atoms with Crippen LogP contribution in [0.25, 0.3) is 0 Å². The second kappa shape index (κ2) is 9.58. The van der Waals surface area contributed by atoms with Gasteiger partial charge in [0.2, 0.25) is 0 Å². The van der Waals surface area contributed by atoms with Crippen molar-refractivity contribution in [3.63, 3.8) is 0 Å². The molecule has 0 unspecified atom stereocenters. The SMILES string of the molecule is C/C=C\C(O)=C(/NOC)C1(C)c2ccccc2Nc2ccccc21.Cc1ccc(C)o1. The molecule has 0 amide bonds. The predicted octanol–water partition coefficient (Wildman–Crippen LogP) is 6.44. The first-order valence-corrected chi connectivity index (χ1v) is 10.3. The van der Waals surface area contributed by atoms with Crippen molar-refractivity contribution in [2.45, 2.75) is 33.1 Å². The van der Waals surface area contributed by atoms with Crippen LogP contribution in [0.15, 0.2) is 88.7 Å². The normalized spacial score (nSPS) is 14.5. The summed E-state index contributed by atoms with van der Waals surface area (Å²) in [5.74, 6) is 2.11. The van der Waals surface area contributed by atoms with E-state index in [2.05, 4.69) is 29.9 Å². The van der Waals surface area contributed by atoms with Gasteiger partial charge in [-0.1, -0.05) is 42.5 Å². The molecule has 4 rings (SSSR count). The molecule has 1 aliphatic heterocycles. The summed E-state index contributed by atoms with van der Waals surface area (Å²) in [6, 6.07) is 20.1. The third kappa shape index (κ3) is 4.52. The number of para-hydroxylation sites is 2. The van der Waals surface area contributed by atoms with E-state index in [1.165, 1.54) is 0 Å². The third-order valence-electron chi connectivity index (χ3n) is 5.36. The Morgan fingerprint density at radius 1 is 0.968 bits per heavy atom. The van der Waals surface area contributed by atoms with Gasteiger partial charge in [-0.2, -0.15) is 0 Å². The average Bonchev–Trinajstić information content (AvgIpc) is 3.15. The lowest BCUT2D eigenvalue weighted by Crippen LogP contribution is -2.38. The predicted molar refractivity (Wildman–Crippen MR) is 125 cm³/mol. The Kier molecular flexibility index (Phi) is 6.88. The highest BCUT2D eigenvalue weighted by atomic mass is 16.6. The summed E-state index contributed by atoms with van der Waals surface area (Å²) < 4.78 is 5.08. The number of anilines is 2. The summed E-state index contributed by atoms with van der Waals surface area (Å²) in [7, 11) is 1.55. The molecule has 0 atom stereocenters. The van der Waals surface area contributed by atoms with Crippen molar-refractivity contribution in [3.8, 4) is 0 Å². The lowest BCUT2D eigenvalue weighted by Gasteiger charge is -2.40. The molecule has 0 fully saturated rings. The number of fused-ring (bicyclic) bond motifs is 2. The van der Waals surface area contributed by atoms with Gasteiger partial charge in [-0.25, -0.2) is 0 Å². The van der Waals surface area contributed by atoms with Crippen LogP contribution in [0.5, 0.6) is 0 Å². The van der Waals surface area contributed by atoms with Gasteiger partial charge in [-0.3, -0.25) is 10.3 Å². The molecule has 0 saturated heterocycles. The zero-order valence-corrected chi connectivity index (χ0v) is 18.7. The summed E-state index contributed by atoms with van der Waals surface area (Å²) in [5, 5.41) is 14.1. The highest BCUT2D eigenvalue weighted by Gasteiger charge is 2.41. The van der Waals surface area contributed by atoms with Crippen LogP contribution in [0.1, 0.15) is 36.5 Å². The number of allylic oxidation sites excluding steroid dienone is 3. The largest absolute Gasteiger partial charge is 0.506 e. The number of aliphatic hydroxyl groups is 1. The van der Waals surface area contributed by atoms with E-state index >= 15 is 0 Å². The first-order chi connectivity index (χ1) is 14.9. The zero-order valence-electron chi connectivity index (χ0n) is 18.7. The van der Waals surface area contributed by atoms with Crippen LogP contribution >= 0.6 is 0 Å². The van der Waals surface area contributed by atoms with Gasteiger partial charge in [0.25, 0.3) is 0 Å². The van der Waals surface area contributed by atoms with Gasteiger partial charge >= 0.3 is 0 Å². The Labute approximate surface area is 184 Å². The molecule has 3 N–H and O–H groups in total. The van der Waals surface area contributed by atoms with Crippen LogP contribution in [0.2, 0.25) is 0 Å². The molecule has 5 heteroatoms. The van der Waals surface area contributed by atoms with Crippen molar-refractivity contribution in [1.82, 2.24) is 5.48 Å². The molecule has 0 spiro atoms. The minimum Gasteiger partial charge on any atom is -0.506 e. The quantitative estimate of drug-likeness (QED) is 0.258. The van der Waals surface area contributed by atoms with Crippen LogP contribution in [-0.4, -0.2) is 12.2 Å². The number of hydroxylamine groups is 1. The van der Waals surface area contributed by atoms with Crippen molar-refractivity contribution >= 4 is 11.4 Å². The maximum Gasteiger partial charge on any atom is 0.137 e. The van der Waals surface area contributed by atoms with Crippen LogP contribution in [0.4, 0.5) is 11.4 Å². The molecule has 2 heterocycles. The van der Waals surface area contributed by atoms with Gasteiger partial charge in [0, 0.05) is 11.4 Å². The van der Waals surface area contributed by atoms with E-state index in [0.717, 1.165) is 34.0 Å². The number of hydrogen-bond donors (Lipinski definition) is 3. The van der Waals surface area contributed by atoms with Crippen LogP contribution < -0.4 is 10.8 Å². The number of aliphatic hydroxyl groups excluding tert-OH is 1. The third-order valence-corrected chi connectivity index (χ3v) is 5.36. The lowest BCUT2D eigenvalue weighted by molar-refractivity contribution is 0.103. The molecule has 162 valence electrons. The van der Waals surface area contributed by atoms with E-state index < -0.39 is 5.41 Å². The fourth-order valence-corrected chi connectivity index (χ4v) is 3.93. The van der Waals surface area contributed by atoms with Crippen molar-refractivity contribution in [3.05, 3.63) is 107 Å². The zero-order chi connectivity index (χ0) is 22.4. The number of furan rings is 1. The van der Waals surface area contributed by atoms with Crippen LogP contribution in [0, 0.1) is 13.8 Å². The first-order valence-electron chi connectivity index (χ1n) is 10.3. The highest BCUT2D eigenvalue weighted by molar-refractivity contribution is 5.77. The molecule has 1 aliphatic rings. The molecule has 0 aliphatic carbocycles. The second-order valence-electron chi connectivity index (χ2n) is 7.56. The van der Waals surface area contributed by atoms with Crippen molar-refractivity contribution in [2.75, 3.05) is 12.4 Å². The van der Waals surface area contributed by atoms with Crippen molar-refractivity contribution in [2.24, 2.45) is 0 Å².